The maximum Gasteiger partial charge on any atom is 0.204 e. The number of ether oxygens (including phenoxy) is 1. The Kier molecular flexibility index (Phi) is 4.83. The monoisotopic (exact) mass is 343 g/mol. The molecule has 1 N–H and O–H groups in total. The molecule has 26 heavy (non-hydrogen) atoms. The lowest BCUT2D eigenvalue weighted by Gasteiger charge is -2.12. The number of hydrogen-bond acceptors (Lipinski definition) is 3. The number of para-hydroxylation sites is 3. The number of hydrogen-bond donors (Lipinski definition) is 1. The lowest BCUT2D eigenvalue weighted by molar-refractivity contribution is 0.301. The number of rotatable bonds is 7. The van der Waals surface area contributed by atoms with Crippen molar-refractivity contribution in [2.45, 2.75) is 13.1 Å². The molecule has 0 fully saturated rings. The maximum absolute atomic E-state index is 5.87. The van der Waals surface area contributed by atoms with Crippen LogP contribution in [0.15, 0.2) is 84.9 Å². The fraction of sp³-hybridized carbons (Fsp3) is 0.136. The van der Waals surface area contributed by atoms with Gasteiger partial charge in [-0.25, -0.2) is 4.98 Å². The van der Waals surface area contributed by atoms with E-state index in [2.05, 4.69) is 28.1 Å². The van der Waals surface area contributed by atoms with Crippen molar-refractivity contribution in [1.29, 1.82) is 0 Å². The van der Waals surface area contributed by atoms with E-state index in [1.54, 1.807) is 0 Å². The third kappa shape index (κ3) is 3.70. The summed E-state index contributed by atoms with van der Waals surface area (Å²) in [5.41, 5.74) is 3.33. The van der Waals surface area contributed by atoms with Gasteiger partial charge in [0.05, 0.1) is 17.6 Å². The van der Waals surface area contributed by atoms with E-state index in [4.69, 9.17) is 9.72 Å². The van der Waals surface area contributed by atoms with Gasteiger partial charge in [-0.3, -0.25) is 0 Å². The van der Waals surface area contributed by atoms with Crippen molar-refractivity contribution < 1.29 is 4.74 Å². The molecule has 1 heterocycles. The fourth-order valence-corrected chi connectivity index (χ4v) is 2.99. The van der Waals surface area contributed by atoms with Gasteiger partial charge in [-0.05, 0) is 29.8 Å². The number of aromatic nitrogens is 2. The third-order valence-corrected chi connectivity index (χ3v) is 4.27. The van der Waals surface area contributed by atoms with Crippen LogP contribution in [0.2, 0.25) is 0 Å². The van der Waals surface area contributed by atoms with Crippen molar-refractivity contribution in [2.75, 3.05) is 11.9 Å². The predicted octanol–water partition coefficient (Wildman–Crippen LogP) is 4.73. The summed E-state index contributed by atoms with van der Waals surface area (Å²) in [5, 5.41) is 3.46. The molecule has 0 saturated heterocycles. The van der Waals surface area contributed by atoms with E-state index in [0.29, 0.717) is 6.61 Å². The number of benzene rings is 3. The molecule has 0 unspecified atom stereocenters. The van der Waals surface area contributed by atoms with Gasteiger partial charge in [0.25, 0.3) is 0 Å². The average molecular weight is 343 g/mol. The largest absolute Gasteiger partial charge is 0.492 e. The highest BCUT2D eigenvalue weighted by atomic mass is 16.5. The molecular weight excluding hydrogens is 322 g/mol. The first kappa shape index (κ1) is 16.2. The van der Waals surface area contributed by atoms with E-state index >= 15 is 0 Å². The van der Waals surface area contributed by atoms with E-state index in [0.717, 1.165) is 35.8 Å². The summed E-state index contributed by atoms with van der Waals surface area (Å²) < 4.78 is 8.05. The molecule has 0 saturated carbocycles. The van der Waals surface area contributed by atoms with Gasteiger partial charge in [0, 0.05) is 6.54 Å². The first-order valence-electron chi connectivity index (χ1n) is 8.81. The first-order valence-corrected chi connectivity index (χ1v) is 8.81. The molecule has 4 aromatic rings. The summed E-state index contributed by atoms with van der Waals surface area (Å²) in [6, 6.07) is 28.4. The molecule has 4 rings (SSSR count). The van der Waals surface area contributed by atoms with Gasteiger partial charge in [0.15, 0.2) is 0 Å². The molecule has 0 atom stereocenters. The highest BCUT2D eigenvalue weighted by molar-refractivity contribution is 5.78. The molecule has 0 aliphatic heterocycles. The van der Waals surface area contributed by atoms with Crippen molar-refractivity contribution in [2.24, 2.45) is 0 Å². The predicted molar refractivity (Wildman–Crippen MR) is 105 cm³/mol. The average Bonchev–Trinajstić information content (AvgIpc) is 3.06. The van der Waals surface area contributed by atoms with Gasteiger partial charge in [-0.15, -0.1) is 0 Å². The lowest BCUT2D eigenvalue weighted by Crippen LogP contribution is -2.12. The van der Waals surface area contributed by atoms with Gasteiger partial charge < -0.3 is 14.6 Å². The van der Waals surface area contributed by atoms with Gasteiger partial charge >= 0.3 is 0 Å². The second kappa shape index (κ2) is 7.74. The Balaban J connectivity index is 1.51. The topological polar surface area (TPSA) is 39.1 Å². The second-order valence-electron chi connectivity index (χ2n) is 6.08. The molecular formula is C22H21N3O. The molecule has 1 aromatic heterocycles. The summed E-state index contributed by atoms with van der Waals surface area (Å²) in [6.07, 6.45) is 0. The molecule has 4 heteroatoms. The minimum absolute atomic E-state index is 0.588. The van der Waals surface area contributed by atoms with Crippen LogP contribution in [0, 0.1) is 0 Å². The summed E-state index contributed by atoms with van der Waals surface area (Å²) >= 11 is 0. The number of nitrogens with zero attached hydrogens (tertiary/aromatic N) is 2. The van der Waals surface area contributed by atoms with Crippen molar-refractivity contribution >= 4 is 17.0 Å². The molecule has 0 aliphatic rings. The van der Waals surface area contributed by atoms with Crippen LogP contribution in [0.3, 0.4) is 0 Å². The Bertz CT molecular complexity index is 965. The van der Waals surface area contributed by atoms with Crippen LogP contribution in [-0.4, -0.2) is 16.2 Å². The Morgan fingerprint density at radius 2 is 1.50 bits per heavy atom. The minimum atomic E-state index is 0.588. The quantitative estimate of drug-likeness (QED) is 0.527. The highest BCUT2D eigenvalue weighted by Gasteiger charge is 2.10. The Morgan fingerprint density at radius 1 is 0.808 bits per heavy atom. The number of anilines is 1. The van der Waals surface area contributed by atoms with Crippen molar-refractivity contribution in [3.05, 3.63) is 90.5 Å². The fourth-order valence-electron chi connectivity index (χ4n) is 2.99. The van der Waals surface area contributed by atoms with Crippen LogP contribution in [-0.2, 0) is 13.1 Å². The number of imidazole rings is 1. The highest BCUT2D eigenvalue weighted by Crippen LogP contribution is 2.20. The Morgan fingerprint density at radius 3 is 2.31 bits per heavy atom. The Hall–Kier alpha value is -3.27. The van der Waals surface area contributed by atoms with E-state index in [1.165, 1.54) is 5.56 Å². The van der Waals surface area contributed by atoms with Crippen molar-refractivity contribution in [3.63, 3.8) is 0 Å². The standard InChI is InChI=1S/C22H21N3O/c1-3-9-18(10-4-1)17-23-22-24-20-13-7-8-14-21(20)25(22)15-16-26-19-11-5-2-6-12-19/h1-14H,15-17H2,(H,23,24). The molecule has 0 bridgehead atoms. The number of fused-ring (bicyclic) bond motifs is 1. The molecule has 0 radical (unpaired) electrons. The SMILES string of the molecule is c1ccc(CNc2nc3ccccc3n2CCOc2ccccc2)cc1. The van der Waals surface area contributed by atoms with Crippen LogP contribution in [0.4, 0.5) is 5.95 Å². The summed E-state index contributed by atoms with van der Waals surface area (Å²) in [7, 11) is 0. The molecule has 0 spiro atoms. The number of nitrogens with one attached hydrogen (secondary N) is 1. The molecule has 130 valence electrons. The van der Waals surface area contributed by atoms with Crippen LogP contribution in [0.5, 0.6) is 5.75 Å². The van der Waals surface area contributed by atoms with Crippen LogP contribution in [0.1, 0.15) is 5.56 Å². The zero-order valence-electron chi connectivity index (χ0n) is 14.5. The normalized spacial score (nSPS) is 10.8. The molecule has 0 aliphatic carbocycles. The van der Waals surface area contributed by atoms with Gasteiger partial charge in [-0.2, -0.15) is 0 Å². The molecule has 4 nitrogen and oxygen atoms in total. The summed E-state index contributed by atoms with van der Waals surface area (Å²) in [5.74, 6) is 1.75. The minimum Gasteiger partial charge on any atom is -0.492 e. The molecule has 3 aromatic carbocycles. The van der Waals surface area contributed by atoms with Gasteiger partial charge in [0.2, 0.25) is 5.95 Å². The third-order valence-electron chi connectivity index (χ3n) is 4.27. The smallest absolute Gasteiger partial charge is 0.204 e. The lowest BCUT2D eigenvalue weighted by atomic mass is 10.2. The Labute approximate surface area is 153 Å². The second-order valence-corrected chi connectivity index (χ2v) is 6.08. The zero-order valence-corrected chi connectivity index (χ0v) is 14.5. The van der Waals surface area contributed by atoms with Gasteiger partial charge in [-0.1, -0.05) is 60.7 Å². The van der Waals surface area contributed by atoms with E-state index < -0.39 is 0 Å². The van der Waals surface area contributed by atoms with E-state index in [9.17, 15) is 0 Å². The van der Waals surface area contributed by atoms with Gasteiger partial charge in [0.1, 0.15) is 12.4 Å². The van der Waals surface area contributed by atoms with Crippen molar-refractivity contribution in [3.8, 4) is 5.75 Å². The first-order chi connectivity index (χ1) is 12.9. The zero-order chi connectivity index (χ0) is 17.6. The van der Waals surface area contributed by atoms with Crippen LogP contribution >= 0.6 is 0 Å². The van der Waals surface area contributed by atoms with E-state index in [1.807, 2.05) is 66.7 Å². The van der Waals surface area contributed by atoms with Crippen LogP contribution in [0.25, 0.3) is 11.0 Å². The van der Waals surface area contributed by atoms with E-state index in [-0.39, 0.29) is 0 Å². The van der Waals surface area contributed by atoms with Crippen molar-refractivity contribution in [1.82, 2.24) is 9.55 Å². The van der Waals surface area contributed by atoms with Crippen LogP contribution < -0.4 is 10.1 Å². The maximum atomic E-state index is 5.87. The summed E-state index contributed by atoms with van der Waals surface area (Å²) in [6.45, 7) is 2.06. The summed E-state index contributed by atoms with van der Waals surface area (Å²) in [4.78, 5) is 4.75. The molecule has 0 amide bonds.